The van der Waals surface area contributed by atoms with Crippen molar-refractivity contribution in [3.8, 4) is 5.69 Å². The normalized spacial score (nSPS) is 15.4. The molecule has 0 bridgehead atoms. The van der Waals surface area contributed by atoms with Gasteiger partial charge in [0.25, 0.3) is 5.91 Å². The smallest absolute Gasteiger partial charge is 0.270 e. The molecule has 1 unspecified atom stereocenters. The molecule has 1 heterocycles. The van der Waals surface area contributed by atoms with Gasteiger partial charge in [0.05, 0.1) is 6.20 Å². The van der Waals surface area contributed by atoms with Crippen LogP contribution in [0, 0.1) is 5.82 Å². The zero-order valence-electron chi connectivity index (χ0n) is 14.7. The SMILES string of the molecule is CSc1ncc(C(=O)NCC(C)N(C)C2CC2)n1-c1ccc(F)cc1. The second-order valence-corrected chi connectivity index (χ2v) is 7.17. The van der Waals surface area contributed by atoms with E-state index >= 15 is 0 Å². The Kier molecular flexibility index (Phi) is 5.44. The molecule has 1 aliphatic carbocycles. The molecule has 1 aromatic heterocycles. The lowest BCUT2D eigenvalue weighted by molar-refractivity contribution is 0.0932. The summed E-state index contributed by atoms with van der Waals surface area (Å²) < 4.78 is 15.0. The topological polar surface area (TPSA) is 50.2 Å². The summed E-state index contributed by atoms with van der Waals surface area (Å²) in [4.78, 5) is 19.3. The first kappa shape index (κ1) is 17.9. The average molecular weight is 362 g/mol. The van der Waals surface area contributed by atoms with Gasteiger partial charge in [0.2, 0.25) is 0 Å². The summed E-state index contributed by atoms with van der Waals surface area (Å²) in [7, 11) is 2.10. The van der Waals surface area contributed by atoms with Crippen molar-refractivity contribution in [1.82, 2.24) is 19.8 Å². The minimum atomic E-state index is -0.308. The molecule has 1 saturated carbocycles. The predicted octanol–water partition coefficient (Wildman–Crippen LogP) is 2.95. The Hall–Kier alpha value is -1.86. The molecule has 0 saturated heterocycles. The molecule has 0 spiro atoms. The van der Waals surface area contributed by atoms with E-state index in [1.165, 1.54) is 36.7 Å². The van der Waals surface area contributed by atoms with Crippen LogP contribution in [-0.2, 0) is 0 Å². The van der Waals surface area contributed by atoms with E-state index in [4.69, 9.17) is 0 Å². The van der Waals surface area contributed by atoms with E-state index in [-0.39, 0.29) is 17.8 Å². The molecule has 5 nitrogen and oxygen atoms in total. The quantitative estimate of drug-likeness (QED) is 0.770. The summed E-state index contributed by atoms with van der Waals surface area (Å²) in [5.41, 5.74) is 1.17. The molecule has 7 heteroatoms. The summed E-state index contributed by atoms with van der Waals surface area (Å²) in [6.45, 7) is 2.69. The number of amides is 1. The van der Waals surface area contributed by atoms with Crippen LogP contribution < -0.4 is 5.32 Å². The molecule has 1 aromatic carbocycles. The number of carbonyl (C=O) groups excluding carboxylic acids is 1. The Bertz CT molecular complexity index is 742. The highest BCUT2D eigenvalue weighted by molar-refractivity contribution is 7.98. The molecule has 0 aliphatic heterocycles. The Morgan fingerprint density at radius 2 is 2.12 bits per heavy atom. The molecule has 1 N–H and O–H groups in total. The highest BCUT2D eigenvalue weighted by atomic mass is 32.2. The minimum Gasteiger partial charge on any atom is -0.349 e. The van der Waals surface area contributed by atoms with Gasteiger partial charge in [-0.1, -0.05) is 11.8 Å². The van der Waals surface area contributed by atoms with Gasteiger partial charge in [0.15, 0.2) is 5.16 Å². The van der Waals surface area contributed by atoms with E-state index in [9.17, 15) is 9.18 Å². The summed E-state index contributed by atoms with van der Waals surface area (Å²) in [5, 5.41) is 3.69. The maximum absolute atomic E-state index is 13.2. The first-order valence-electron chi connectivity index (χ1n) is 8.39. The summed E-state index contributed by atoms with van der Waals surface area (Å²) >= 11 is 1.44. The maximum Gasteiger partial charge on any atom is 0.270 e. The Morgan fingerprint density at radius 3 is 2.72 bits per heavy atom. The van der Waals surface area contributed by atoms with Crippen LogP contribution >= 0.6 is 11.8 Å². The number of carbonyl (C=O) groups is 1. The fourth-order valence-electron chi connectivity index (χ4n) is 2.80. The number of rotatable bonds is 7. The van der Waals surface area contributed by atoms with Gasteiger partial charge in [0.1, 0.15) is 11.5 Å². The Balaban J connectivity index is 1.76. The number of likely N-dealkylation sites (N-methyl/N-ethyl adjacent to an activating group) is 1. The van der Waals surface area contributed by atoms with Gasteiger partial charge in [-0.2, -0.15) is 0 Å². The average Bonchev–Trinajstić information content (AvgIpc) is 3.38. The number of hydrogen-bond acceptors (Lipinski definition) is 4. The lowest BCUT2D eigenvalue weighted by Gasteiger charge is -2.24. The second-order valence-electron chi connectivity index (χ2n) is 6.40. The zero-order valence-corrected chi connectivity index (χ0v) is 15.5. The van der Waals surface area contributed by atoms with Crippen LogP contribution in [0.2, 0.25) is 0 Å². The number of benzene rings is 1. The molecule has 1 atom stereocenters. The summed E-state index contributed by atoms with van der Waals surface area (Å²) in [6, 6.07) is 6.99. The van der Waals surface area contributed by atoms with E-state index < -0.39 is 0 Å². The molecule has 3 rings (SSSR count). The number of thioether (sulfide) groups is 1. The van der Waals surface area contributed by atoms with E-state index in [0.717, 1.165) is 5.69 Å². The van der Waals surface area contributed by atoms with Crippen molar-refractivity contribution < 1.29 is 9.18 Å². The van der Waals surface area contributed by atoms with Gasteiger partial charge in [-0.3, -0.25) is 14.3 Å². The maximum atomic E-state index is 13.2. The van der Waals surface area contributed by atoms with Crippen molar-refractivity contribution in [3.63, 3.8) is 0 Å². The number of aromatic nitrogens is 2. The third-order valence-corrected chi connectivity index (χ3v) is 5.26. The predicted molar refractivity (Wildman–Crippen MR) is 97.9 cm³/mol. The third-order valence-electron chi connectivity index (χ3n) is 4.61. The third kappa shape index (κ3) is 4.04. The number of halogens is 1. The van der Waals surface area contributed by atoms with Gasteiger partial charge in [-0.25, -0.2) is 9.37 Å². The van der Waals surface area contributed by atoms with Crippen LogP contribution in [-0.4, -0.2) is 52.3 Å². The van der Waals surface area contributed by atoms with Gasteiger partial charge < -0.3 is 5.32 Å². The van der Waals surface area contributed by atoms with Crippen molar-refractivity contribution in [1.29, 1.82) is 0 Å². The zero-order chi connectivity index (χ0) is 18.0. The van der Waals surface area contributed by atoms with Crippen molar-refractivity contribution in [2.75, 3.05) is 19.8 Å². The van der Waals surface area contributed by atoms with Crippen LogP contribution in [0.15, 0.2) is 35.6 Å². The summed E-state index contributed by atoms with van der Waals surface area (Å²) in [5.74, 6) is -0.481. The molecule has 1 aliphatic rings. The highest BCUT2D eigenvalue weighted by Gasteiger charge is 2.29. The van der Waals surface area contributed by atoms with Crippen LogP contribution in [0.25, 0.3) is 5.69 Å². The molecule has 2 aromatic rings. The summed E-state index contributed by atoms with van der Waals surface area (Å²) in [6.07, 6.45) is 5.95. The van der Waals surface area contributed by atoms with Gasteiger partial charge >= 0.3 is 0 Å². The number of hydrogen-bond donors (Lipinski definition) is 1. The van der Waals surface area contributed by atoms with Crippen LogP contribution in [0.4, 0.5) is 4.39 Å². The Labute approximate surface area is 151 Å². The van der Waals surface area contributed by atoms with Crippen LogP contribution in [0.3, 0.4) is 0 Å². The molecule has 134 valence electrons. The molecular formula is C18H23FN4OS. The van der Waals surface area contributed by atoms with Crippen LogP contribution in [0.1, 0.15) is 30.3 Å². The molecule has 1 fully saturated rings. The number of nitrogens with one attached hydrogen (secondary N) is 1. The standard InChI is InChI=1S/C18H23FN4OS/c1-12(22(2)14-8-9-14)10-20-17(24)16-11-21-18(25-3)23(16)15-6-4-13(19)5-7-15/h4-7,11-12,14H,8-10H2,1-3H3,(H,20,24). The minimum absolute atomic E-state index is 0.173. The van der Waals surface area contributed by atoms with E-state index in [2.05, 4.69) is 29.2 Å². The largest absolute Gasteiger partial charge is 0.349 e. The molecular weight excluding hydrogens is 339 g/mol. The molecule has 1 amide bonds. The Morgan fingerprint density at radius 1 is 1.44 bits per heavy atom. The highest BCUT2D eigenvalue weighted by Crippen LogP contribution is 2.27. The van der Waals surface area contributed by atoms with Crippen molar-refractivity contribution in [3.05, 3.63) is 42.0 Å². The monoisotopic (exact) mass is 362 g/mol. The first-order chi connectivity index (χ1) is 12.0. The lowest BCUT2D eigenvalue weighted by atomic mass is 10.2. The van der Waals surface area contributed by atoms with Gasteiger partial charge in [-0.05, 0) is 57.3 Å². The number of imidazole rings is 1. The van der Waals surface area contributed by atoms with Gasteiger partial charge in [0, 0.05) is 24.3 Å². The van der Waals surface area contributed by atoms with E-state index in [1.54, 1.807) is 22.9 Å². The van der Waals surface area contributed by atoms with Crippen molar-refractivity contribution >= 4 is 17.7 Å². The number of nitrogens with zero attached hydrogens (tertiary/aromatic N) is 3. The van der Waals surface area contributed by atoms with E-state index in [0.29, 0.717) is 23.4 Å². The first-order valence-corrected chi connectivity index (χ1v) is 9.61. The van der Waals surface area contributed by atoms with Gasteiger partial charge in [-0.15, -0.1) is 0 Å². The van der Waals surface area contributed by atoms with Crippen LogP contribution in [0.5, 0.6) is 0 Å². The lowest BCUT2D eigenvalue weighted by Crippen LogP contribution is -2.41. The molecule has 25 heavy (non-hydrogen) atoms. The second kappa shape index (κ2) is 7.58. The van der Waals surface area contributed by atoms with Crippen molar-refractivity contribution in [2.45, 2.75) is 37.0 Å². The fraction of sp³-hybridized carbons (Fsp3) is 0.444. The van der Waals surface area contributed by atoms with Crippen molar-refractivity contribution in [2.24, 2.45) is 0 Å². The fourth-order valence-corrected chi connectivity index (χ4v) is 3.34. The molecule has 0 radical (unpaired) electrons. The van der Waals surface area contributed by atoms with E-state index in [1.807, 2.05) is 6.26 Å².